The zero-order valence-electron chi connectivity index (χ0n) is 11.3. The highest BCUT2D eigenvalue weighted by molar-refractivity contribution is 7.90. The minimum Gasteiger partial charge on any atom is -0.467 e. The third-order valence-electron chi connectivity index (χ3n) is 2.35. The molecule has 1 heterocycles. The van der Waals surface area contributed by atoms with Crippen molar-refractivity contribution in [1.82, 2.24) is 15.0 Å². The molecule has 0 unspecified atom stereocenters. The van der Waals surface area contributed by atoms with Gasteiger partial charge in [-0.3, -0.25) is 5.43 Å². The van der Waals surface area contributed by atoms with Crippen molar-refractivity contribution >= 4 is 15.8 Å². The maximum Gasteiger partial charge on any atom is 0.330 e. The fourth-order valence-electron chi connectivity index (χ4n) is 1.41. The number of aromatic nitrogens is 3. The van der Waals surface area contributed by atoms with Crippen molar-refractivity contribution in [3.8, 4) is 17.8 Å². The number of nitrogens with two attached hydrogens (primary N) is 1. The monoisotopic (exact) mass is 311 g/mol. The van der Waals surface area contributed by atoms with Crippen LogP contribution in [0.25, 0.3) is 0 Å². The second-order valence-electron chi connectivity index (χ2n) is 3.92. The summed E-state index contributed by atoms with van der Waals surface area (Å²) in [6, 6.07) is 5.87. The Balaban J connectivity index is 2.34. The molecule has 0 aliphatic carbocycles. The van der Waals surface area contributed by atoms with Gasteiger partial charge in [0.2, 0.25) is 5.95 Å². The molecule has 2 rings (SSSR count). The van der Waals surface area contributed by atoms with Gasteiger partial charge in [-0.25, -0.2) is 14.3 Å². The van der Waals surface area contributed by atoms with Crippen molar-refractivity contribution in [3.05, 3.63) is 24.3 Å². The summed E-state index contributed by atoms with van der Waals surface area (Å²) in [5.41, 5.74) is 2.25. The Morgan fingerprint density at radius 2 is 1.90 bits per heavy atom. The summed E-state index contributed by atoms with van der Waals surface area (Å²) in [7, 11) is -1.95. The number of rotatable bonds is 5. The van der Waals surface area contributed by atoms with Crippen LogP contribution in [0.15, 0.2) is 29.2 Å². The van der Waals surface area contributed by atoms with E-state index in [1.165, 1.54) is 19.2 Å². The summed E-state index contributed by atoms with van der Waals surface area (Å²) in [6.07, 6.45) is 1.11. The molecule has 0 bridgehead atoms. The molecule has 1 aromatic carbocycles. The van der Waals surface area contributed by atoms with Gasteiger partial charge < -0.3 is 9.47 Å². The van der Waals surface area contributed by atoms with E-state index in [1.807, 2.05) is 0 Å². The Morgan fingerprint density at radius 3 is 2.52 bits per heavy atom. The van der Waals surface area contributed by atoms with Crippen LogP contribution in [0.2, 0.25) is 0 Å². The molecule has 2 aromatic rings. The van der Waals surface area contributed by atoms with Crippen LogP contribution in [-0.2, 0) is 9.84 Å². The van der Waals surface area contributed by atoms with Gasteiger partial charge >= 0.3 is 12.0 Å². The van der Waals surface area contributed by atoms with Crippen molar-refractivity contribution in [2.45, 2.75) is 4.90 Å². The van der Waals surface area contributed by atoms with Crippen LogP contribution in [-0.4, -0.2) is 36.7 Å². The summed E-state index contributed by atoms with van der Waals surface area (Å²) in [4.78, 5) is 11.7. The summed E-state index contributed by atoms with van der Waals surface area (Å²) in [5, 5.41) is 0. The van der Waals surface area contributed by atoms with E-state index in [0.29, 0.717) is 0 Å². The first-order chi connectivity index (χ1) is 9.92. The molecule has 0 spiro atoms. The fraction of sp³-hybridized carbons (Fsp3) is 0.182. The van der Waals surface area contributed by atoms with E-state index in [1.54, 1.807) is 12.1 Å². The second-order valence-corrected chi connectivity index (χ2v) is 5.94. The minimum absolute atomic E-state index is 0.00668. The van der Waals surface area contributed by atoms with Crippen molar-refractivity contribution in [1.29, 1.82) is 0 Å². The van der Waals surface area contributed by atoms with E-state index in [0.717, 1.165) is 6.26 Å². The summed E-state index contributed by atoms with van der Waals surface area (Å²) in [5.74, 6) is 5.53. The fourth-order valence-corrected chi connectivity index (χ4v) is 2.07. The highest BCUT2D eigenvalue weighted by Crippen LogP contribution is 2.23. The summed E-state index contributed by atoms with van der Waals surface area (Å²) < 4.78 is 33.3. The predicted octanol–water partition coefficient (Wildman–Crippen LogP) is 0.362. The zero-order valence-corrected chi connectivity index (χ0v) is 12.1. The molecule has 0 amide bonds. The number of sulfone groups is 1. The smallest absolute Gasteiger partial charge is 0.330 e. The molecule has 10 heteroatoms. The summed E-state index contributed by atoms with van der Waals surface area (Å²) >= 11 is 0. The molecule has 1 aromatic heterocycles. The van der Waals surface area contributed by atoms with E-state index in [-0.39, 0.29) is 28.6 Å². The molecule has 0 saturated carbocycles. The number of hydrogen-bond donors (Lipinski definition) is 2. The van der Waals surface area contributed by atoms with Crippen LogP contribution < -0.4 is 20.7 Å². The lowest BCUT2D eigenvalue weighted by molar-refractivity contribution is 0.360. The normalized spacial score (nSPS) is 11.0. The molecule has 0 aliphatic rings. The third kappa shape index (κ3) is 3.77. The van der Waals surface area contributed by atoms with Crippen LogP contribution in [0.1, 0.15) is 0 Å². The van der Waals surface area contributed by atoms with Crippen LogP contribution in [0.5, 0.6) is 17.8 Å². The first-order valence-electron chi connectivity index (χ1n) is 5.67. The Kier molecular flexibility index (Phi) is 4.19. The van der Waals surface area contributed by atoms with Gasteiger partial charge in [0.05, 0.1) is 12.0 Å². The van der Waals surface area contributed by atoms with E-state index >= 15 is 0 Å². The van der Waals surface area contributed by atoms with Crippen LogP contribution in [0.4, 0.5) is 5.95 Å². The van der Waals surface area contributed by atoms with Gasteiger partial charge in [0.1, 0.15) is 5.75 Å². The summed E-state index contributed by atoms with van der Waals surface area (Å²) in [6.45, 7) is 0. The molecular weight excluding hydrogens is 298 g/mol. The van der Waals surface area contributed by atoms with E-state index in [4.69, 9.17) is 15.3 Å². The van der Waals surface area contributed by atoms with Gasteiger partial charge in [-0.1, -0.05) is 6.07 Å². The molecule has 9 nitrogen and oxygen atoms in total. The molecule has 0 atom stereocenters. The average molecular weight is 311 g/mol. The topological polar surface area (TPSA) is 129 Å². The number of nitrogens with one attached hydrogen (secondary N) is 1. The van der Waals surface area contributed by atoms with Crippen molar-refractivity contribution in [2.24, 2.45) is 5.84 Å². The number of nitrogen functional groups attached to an aromatic ring is 1. The lowest BCUT2D eigenvalue weighted by Crippen LogP contribution is -2.12. The van der Waals surface area contributed by atoms with Gasteiger partial charge in [0, 0.05) is 6.26 Å². The van der Waals surface area contributed by atoms with E-state index in [9.17, 15) is 8.42 Å². The Bertz CT molecular complexity index is 728. The number of nitrogens with zero attached hydrogens (tertiary/aromatic N) is 3. The molecule has 112 valence electrons. The van der Waals surface area contributed by atoms with Crippen molar-refractivity contribution in [2.75, 3.05) is 18.8 Å². The highest BCUT2D eigenvalue weighted by Gasteiger charge is 2.11. The predicted molar refractivity (Wildman–Crippen MR) is 73.8 cm³/mol. The van der Waals surface area contributed by atoms with Gasteiger partial charge in [0.15, 0.2) is 9.84 Å². The molecule has 0 radical (unpaired) electrons. The second kappa shape index (κ2) is 5.89. The Morgan fingerprint density at radius 1 is 1.19 bits per heavy atom. The molecular formula is C11H13N5O4S. The zero-order chi connectivity index (χ0) is 15.5. The number of ether oxygens (including phenoxy) is 2. The van der Waals surface area contributed by atoms with E-state index in [2.05, 4.69) is 20.4 Å². The molecule has 3 N–H and O–H groups in total. The van der Waals surface area contributed by atoms with Crippen LogP contribution >= 0.6 is 0 Å². The van der Waals surface area contributed by atoms with Gasteiger partial charge in [-0.15, -0.1) is 4.98 Å². The maximum absolute atomic E-state index is 11.5. The molecule has 0 aliphatic heterocycles. The Hall–Kier alpha value is -2.46. The number of anilines is 1. The largest absolute Gasteiger partial charge is 0.467 e. The molecule has 21 heavy (non-hydrogen) atoms. The van der Waals surface area contributed by atoms with Crippen molar-refractivity contribution < 1.29 is 17.9 Å². The van der Waals surface area contributed by atoms with Crippen molar-refractivity contribution in [3.63, 3.8) is 0 Å². The highest BCUT2D eigenvalue weighted by atomic mass is 32.2. The Labute approximate surface area is 121 Å². The molecule has 0 saturated heterocycles. The quantitative estimate of drug-likeness (QED) is 0.593. The third-order valence-corrected chi connectivity index (χ3v) is 3.46. The maximum atomic E-state index is 11.5. The first kappa shape index (κ1) is 14.9. The first-order valence-corrected chi connectivity index (χ1v) is 7.56. The van der Waals surface area contributed by atoms with E-state index < -0.39 is 9.84 Å². The number of benzene rings is 1. The van der Waals surface area contributed by atoms with Gasteiger partial charge in [-0.2, -0.15) is 9.97 Å². The van der Waals surface area contributed by atoms with Gasteiger partial charge in [-0.05, 0) is 18.2 Å². The lowest BCUT2D eigenvalue weighted by atomic mass is 10.3. The number of hydrogen-bond acceptors (Lipinski definition) is 9. The SMILES string of the molecule is COc1nc(NN)nc(Oc2cccc(S(C)(=O)=O)c2)n1. The minimum atomic E-state index is -3.33. The lowest BCUT2D eigenvalue weighted by Gasteiger charge is -2.07. The number of methoxy groups -OCH3 is 1. The molecule has 0 fully saturated rings. The van der Waals surface area contributed by atoms with Gasteiger partial charge in [0.25, 0.3) is 0 Å². The average Bonchev–Trinajstić information content (AvgIpc) is 2.46. The van der Waals surface area contributed by atoms with Crippen LogP contribution in [0, 0.1) is 0 Å². The van der Waals surface area contributed by atoms with Crippen LogP contribution in [0.3, 0.4) is 0 Å². The standard InChI is InChI=1S/C11H13N5O4S/c1-19-10-13-9(16-12)14-11(15-10)20-7-4-3-5-8(6-7)21(2,17)18/h3-6H,12H2,1-2H3,(H,13,14,15,16). The number of hydrazine groups is 1.